The molecule has 2 aromatic rings. The third-order valence-electron chi connectivity index (χ3n) is 5.55. The van der Waals surface area contributed by atoms with E-state index in [4.69, 9.17) is 0 Å². The van der Waals surface area contributed by atoms with Crippen molar-refractivity contribution in [2.75, 3.05) is 11.9 Å². The molecule has 0 aromatic heterocycles. The van der Waals surface area contributed by atoms with E-state index in [-0.39, 0.29) is 11.7 Å². The number of hydrogen-bond acceptors (Lipinski definition) is 3. The van der Waals surface area contributed by atoms with E-state index in [1.807, 2.05) is 36.4 Å². The predicted octanol–water partition coefficient (Wildman–Crippen LogP) is 4.05. The number of aryl methyl sites for hydroxylation is 1. The van der Waals surface area contributed by atoms with Crippen molar-refractivity contribution in [3.8, 4) is 0 Å². The summed E-state index contributed by atoms with van der Waals surface area (Å²) >= 11 is 0. The molecule has 2 aliphatic rings. The van der Waals surface area contributed by atoms with Crippen LogP contribution in [0.15, 0.2) is 42.5 Å². The molecule has 1 amide bonds. The molecule has 26 heavy (non-hydrogen) atoms. The van der Waals surface area contributed by atoms with Gasteiger partial charge < -0.3 is 5.32 Å². The van der Waals surface area contributed by atoms with Crippen molar-refractivity contribution in [3.05, 3.63) is 64.7 Å². The highest BCUT2D eigenvalue weighted by Crippen LogP contribution is 2.25. The Morgan fingerprint density at radius 3 is 2.88 bits per heavy atom. The van der Waals surface area contributed by atoms with Gasteiger partial charge in [-0.3, -0.25) is 14.5 Å². The fourth-order valence-corrected chi connectivity index (χ4v) is 4.01. The number of anilines is 1. The molecule has 1 aliphatic heterocycles. The average molecular weight is 348 g/mol. The minimum atomic E-state index is -0.106. The van der Waals surface area contributed by atoms with E-state index < -0.39 is 0 Å². The molecule has 1 N–H and O–H groups in total. The molecule has 0 spiro atoms. The van der Waals surface area contributed by atoms with Gasteiger partial charge in [-0.05, 0) is 74.2 Å². The summed E-state index contributed by atoms with van der Waals surface area (Å²) in [6, 6.07) is 14.0. The summed E-state index contributed by atoms with van der Waals surface area (Å²) in [5.74, 6) is 0.0901. The van der Waals surface area contributed by atoms with Crippen LogP contribution in [-0.4, -0.2) is 29.2 Å². The van der Waals surface area contributed by atoms with Crippen LogP contribution in [0.5, 0.6) is 0 Å². The van der Waals surface area contributed by atoms with Gasteiger partial charge >= 0.3 is 0 Å². The van der Waals surface area contributed by atoms with Gasteiger partial charge in [0, 0.05) is 35.8 Å². The van der Waals surface area contributed by atoms with Crippen molar-refractivity contribution in [1.82, 2.24) is 4.90 Å². The van der Waals surface area contributed by atoms with Gasteiger partial charge in [0.25, 0.3) is 5.91 Å². The molecular formula is C22H24N2O2. The standard InChI is InChI=1S/C22H24N2O2/c1-15-4-3-11-24(15)14-16-5-2-6-18(12-16)22(26)23-19-8-9-20-17(13-19)7-10-21(20)25/h2,5-6,8-9,12-13,15H,3-4,7,10-11,14H2,1H3,(H,23,26). The number of ketones is 1. The van der Waals surface area contributed by atoms with Gasteiger partial charge in [0.15, 0.2) is 5.78 Å². The zero-order valence-electron chi connectivity index (χ0n) is 15.1. The van der Waals surface area contributed by atoms with Gasteiger partial charge in [-0.15, -0.1) is 0 Å². The molecule has 2 aromatic carbocycles. The summed E-state index contributed by atoms with van der Waals surface area (Å²) in [6.45, 7) is 4.29. The number of likely N-dealkylation sites (tertiary alicyclic amines) is 1. The van der Waals surface area contributed by atoms with Crippen LogP contribution >= 0.6 is 0 Å². The lowest BCUT2D eigenvalue weighted by molar-refractivity contribution is 0.0992. The first-order valence-corrected chi connectivity index (χ1v) is 9.40. The zero-order valence-corrected chi connectivity index (χ0v) is 15.1. The summed E-state index contributed by atoms with van der Waals surface area (Å²) in [6.07, 6.45) is 3.84. The van der Waals surface area contributed by atoms with Crippen LogP contribution in [0.4, 0.5) is 5.69 Å². The van der Waals surface area contributed by atoms with Crippen LogP contribution in [0.2, 0.25) is 0 Å². The normalized spacial score (nSPS) is 19.6. The quantitative estimate of drug-likeness (QED) is 0.907. The molecule has 0 radical (unpaired) electrons. The number of benzene rings is 2. The number of fused-ring (bicyclic) bond motifs is 1. The molecule has 1 atom stereocenters. The van der Waals surface area contributed by atoms with E-state index in [0.29, 0.717) is 18.0 Å². The van der Waals surface area contributed by atoms with Gasteiger partial charge in [-0.25, -0.2) is 0 Å². The number of Topliss-reactive ketones (excluding diaryl/α,β-unsaturated/α-hetero) is 1. The fourth-order valence-electron chi connectivity index (χ4n) is 4.01. The second kappa shape index (κ2) is 7.04. The fraction of sp³-hybridized carbons (Fsp3) is 0.364. The van der Waals surface area contributed by atoms with Gasteiger partial charge in [0.2, 0.25) is 0 Å². The highest BCUT2D eigenvalue weighted by atomic mass is 16.1. The highest BCUT2D eigenvalue weighted by molar-refractivity contribution is 6.05. The van der Waals surface area contributed by atoms with Crippen molar-refractivity contribution in [1.29, 1.82) is 0 Å². The molecule has 1 saturated heterocycles. The van der Waals surface area contributed by atoms with Crippen molar-refractivity contribution < 1.29 is 9.59 Å². The number of amides is 1. The number of carbonyl (C=O) groups excluding carboxylic acids is 2. The van der Waals surface area contributed by atoms with Crippen molar-refractivity contribution >= 4 is 17.4 Å². The van der Waals surface area contributed by atoms with Crippen LogP contribution in [0.1, 0.15) is 58.0 Å². The summed E-state index contributed by atoms with van der Waals surface area (Å²) in [4.78, 5) is 26.8. The maximum Gasteiger partial charge on any atom is 0.255 e. The largest absolute Gasteiger partial charge is 0.322 e. The Morgan fingerprint density at radius 2 is 2.08 bits per heavy atom. The zero-order chi connectivity index (χ0) is 18.1. The third kappa shape index (κ3) is 3.42. The van der Waals surface area contributed by atoms with E-state index in [0.717, 1.165) is 36.3 Å². The summed E-state index contributed by atoms with van der Waals surface area (Å²) < 4.78 is 0. The molecule has 4 nitrogen and oxygen atoms in total. The SMILES string of the molecule is CC1CCCN1Cc1cccc(C(=O)Nc2ccc3c(c2)CCC3=O)c1. The molecule has 0 saturated carbocycles. The Bertz CT molecular complexity index is 859. The topological polar surface area (TPSA) is 49.4 Å². The van der Waals surface area contributed by atoms with Crippen LogP contribution < -0.4 is 5.32 Å². The summed E-state index contributed by atoms with van der Waals surface area (Å²) in [7, 11) is 0. The van der Waals surface area contributed by atoms with Crippen LogP contribution in [0.3, 0.4) is 0 Å². The van der Waals surface area contributed by atoms with Gasteiger partial charge in [0.05, 0.1) is 0 Å². The Kier molecular flexibility index (Phi) is 4.60. The third-order valence-corrected chi connectivity index (χ3v) is 5.55. The van der Waals surface area contributed by atoms with E-state index in [1.165, 1.54) is 18.4 Å². The first kappa shape index (κ1) is 17.0. The molecule has 1 fully saturated rings. The molecule has 1 aliphatic carbocycles. The number of hydrogen-bond donors (Lipinski definition) is 1. The van der Waals surface area contributed by atoms with Crippen molar-refractivity contribution in [3.63, 3.8) is 0 Å². The number of carbonyl (C=O) groups is 2. The minimum Gasteiger partial charge on any atom is -0.322 e. The Labute approximate surface area is 154 Å². The van der Waals surface area contributed by atoms with Gasteiger partial charge in [-0.2, -0.15) is 0 Å². The second-order valence-corrected chi connectivity index (χ2v) is 7.41. The van der Waals surface area contributed by atoms with E-state index >= 15 is 0 Å². The van der Waals surface area contributed by atoms with Crippen LogP contribution in [-0.2, 0) is 13.0 Å². The number of nitrogens with zero attached hydrogens (tertiary/aromatic N) is 1. The van der Waals surface area contributed by atoms with Gasteiger partial charge in [0.1, 0.15) is 0 Å². The lowest BCUT2D eigenvalue weighted by atomic mass is 10.1. The maximum atomic E-state index is 12.6. The van der Waals surface area contributed by atoms with Crippen molar-refractivity contribution in [2.45, 2.75) is 45.2 Å². The first-order valence-electron chi connectivity index (χ1n) is 9.40. The molecule has 4 heteroatoms. The maximum absolute atomic E-state index is 12.6. The predicted molar refractivity (Wildman–Crippen MR) is 103 cm³/mol. The van der Waals surface area contributed by atoms with E-state index in [9.17, 15) is 9.59 Å². The highest BCUT2D eigenvalue weighted by Gasteiger charge is 2.21. The Morgan fingerprint density at radius 1 is 1.19 bits per heavy atom. The summed E-state index contributed by atoms with van der Waals surface area (Å²) in [5, 5.41) is 2.97. The second-order valence-electron chi connectivity index (χ2n) is 7.41. The first-order chi connectivity index (χ1) is 12.6. The molecular weight excluding hydrogens is 324 g/mol. The molecule has 0 bridgehead atoms. The molecule has 134 valence electrons. The van der Waals surface area contributed by atoms with Crippen molar-refractivity contribution in [2.24, 2.45) is 0 Å². The van der Waals surface area contributed by atoms with Crippen LogP contribution in [0.25, 0.3) is 0 Å². The number of nitrogens with one attached hydrogen (secondary N) is 1. The van der Waals surface area contributed by atoms with Gasteiger partial charge in [-0.1, -0.05) is 12.1 Å². The minimum absolute atomic E-state index is 0.106. The molecule has 1 heterocycles. The Balaban J connectivity index is 1.46. The Hall–Kier alpha value is -2.46. The lowest BCUT2D eigenvalue weighted by Gasteiger charge is -2.21. The molecule has 4 rings (SSSR count). The number of rotatable bonds is 4. The average Bonchev–Trinajstić information content (AvgIpc) is 3.21. The smallest absolute Gasteiger partial charge is 0.255 e. The van der Waals surface area contributed by atoms with E-state index in [2.05, 4.69) is 23.2 Å². The summed E-state index contributed by atoms with van der Waals surface area (Å²) in [5.41, 5.74) is 4.42. The lowest BCUT2D eigenvalue weighted by Crippen LogP contribution is -2.26. The van der Waals surface area contributed by atoms with Crippen LogP contribution in [0, 0.1) is 0 Å². The van der Waals surface area contributed by atoms with E-state index in [1.54, 1.807) is 0 Å². The molecule has 1 unspecified atom stereocenters. The monoisotopic (exact) mass is 348 g/mol.